The van der Waals surface area contributed by atoms with Crippen LogP contribution in [0.2, 0.25) is 0 Å². The van der Waals surface area contributed by atoms with Gasteiger partial charge in [0.25, 0.3) is 0 Å². The molecule has 0 bridgehead atoms. The van der Waals surface area contributed by atoms with Crippen LogP contribution in [0.1, 0.15) is 20.8 Å². The first-order valence-electron chi connectivity index (χ1n) is 4.30. The summed E-state index contributed by atoms with van der Waals surface area (Å²) in [5.74, 6) is 1.47. The number of methoxy groups -OCH3 is 1. The quantitative estimate of drug-likeness (QED) is 0.758. The number of nitrogens with one attached hydrogen (secondary N) is 1. The summed E-state index contributed by atoms with van der Waals surface area (Å²) < 4.78 is 5.02. The maximum atomic E-state index is 5.02. The van der Waals surface area contributed by atoms with E-state index in [1.807, 2.05) is 18.2 Å². The number of rotatable bonds is 2. The Hall–Kier alpha value is -1.25. The van der Waals surface area contributed by atoms with Crippen LogP contribution in [0, 0.1) is 0 Å². The number of hydrogen-bond acceptors (Lipinski definition) is 3. The third-order valence-corrected chi connectivity index (χ3v) is 1.44. The standard InChI is InChI=1S/C10H16N2O/c1-10(2,3)12-8-6-5-7-9(11-8)13-4/h5-7H,1-4H3,(H,11,12). The van der Waals surface area contributed by atoms with E-state index in [-0.39, 0.29) is 5.54 Å². The average Bonchev–Trinajstić information content (AvgIpc) is 2.01. The van der Waals surface area contributed by atoms with Gasteiger partial charge in [0.05, 0.1) is 7.11 Å². The lowest BCUT2D eigenvalue weighted by atomic mass is 10.1. The molecule has 1 aromatic heterocycles. The van der Waals surface area contributed by atoms with Crippen molar-refractivity contribution in [1.29, 1.82) is 0 Å². The SMILES string of the molecule is COc1cccc(NC(C)(C)C)n1. The summed E-state index contributed by atoms with van der Waals surface area (Å²) in [7, 11) is 1.61. The molecule has 0 saturated carbocycles. The number of aromatic nitrogens is 1. The molecule has 13 heavy (non-hydrogen) atoms. The van der Waals surface area contributed by atoms with Gasteiger partial charge in [-0.2, -0.15) is 4.98 Å². The molecule has 0 unspecified atom stereocenters. The Labute approximate surface area is 79.1 Å². The van der Waals surface area contributed by atoms with E-state index in [0.29, 0.717) is 5.88 Å². The van der Waals surface area contributed by atoms with E-state index >= 15 is 0 Å². The molecule has 0 amide bonds. The summed E-state index contributed by atoms with van der Waals surface area (Å²) >= 11 is 0. The summed E-state index contributed by atoms with van der Waals surface area (Å²) in [5.41, 5.74) is 0.0271. The Kier molecular flexibility index (Phi) is 2.76. The Morgan fingerprint density at radius 1 is 1.31 bits per heavy atom. The number of hydrogen-bond donors (Lipinski definition) is 1. The number of pyridine rings is 1. The van der Waals surface area contributed by atoms with Crippen molar-refractivity contribution in [3.05, 3.63) is 18.2 Å². The first-order chi connectivity index (χ1) is 6.01. The molecule has 3 heteroatoms. The Balaban J connectivity index is 2.78. The predicted octanol–water partition coefficient (Wildman–Crippen LogP) is 2.30. The van der Waals surface area contributed by atoms with Crippen LogP contribution in [0.15, 0.2) is 18.2 Å². The van der Waals surface area contributed by atoms with Gasteiger partial charge in [-0.25, -0.2) is 0 Å². The zero-order valence-electron chi connectivity index (χ0n) is 8.59. The molecule has 1 aromatic rings. The lowest BCUT2D eigenvalue weighted by molar-refractivity contribution is 0.398. The number of nitrogens with zero attached hydrogens (tertiary/aromatic N) is 1. The first-order valence-corrected chi connectivity index (χ1v) is 4.30. The fraction of sp³-hybridized carbons (Fsp3) is 0.500. The van der Waals surface area contributed by atoms with Crippen molar-refractivity contribution < 1.29 is 4.74 Å². The molecule has 1 N–H and O–H groups in total. The zero-order valence-corrected chi connectivity index (χ0v) is 8.59. The first kappa shape index (κ1) is 9.84. The van der Waals surface area contributed by atoms with E-state index in [1.165, 1.54) is 0 Å². The van der Waals surface area contributed by atoms with Crippen molar-refractivity contribution >= 4 is 5.82 Å². The minimum absolute atomic E-state index is 0.0271. The van der Waals surface area contributed by atoms with Crippen LogP contribution in [0.4, 0.5) is 5.82 Å². The molecule has 1 rings (SSSR count). The van der Waals surface area contributed by atoms with E-state index in [2.05, 4.69) is 31.1 Å². The van der Waals surface area contributed by atoms with E-state index in [1.54, 1.807) is 7.11 Å². The van der Waals surface area contributed by atoms with E-state index in [9.17, 15) is 0 Å². The highest BCUT2D eigenvalue weighted by molar-refractivity contribution is 5.39. The smallest absolute Gasteiger partial charge is 0.214 e. The lowest BCUT2D eigenvalue weighted by Crippen LogP contribution is -2.26. The molecule has 0 radical (unpaired) electrons. The van der Waals surface area contributed by atoms with Gasteiger partial charge in [0.15, 0.2) is 0 Å². The molecule has 0 aliphatic rings. The van der Waals surface area contributed by atoms with Crippen LogP contribution in [0.25, 0.3) is 0 Å². The summed E-state index contributed by atoms with van der Waals surface area (Å²) in [4.78, 5) is 4.24. The van der Waals surface area contributed by atoms with Crippen LogP contribution >= 0.6 is 0 Å². The Morgan fingerprint density at radius 2 is 2.00 bits per heavy atom. The van der Waals surface area contributed by atoms with Crippen molar-refractivity contribution in [3.8, 4) is 5.88 Å². The molecule has 0 aliphatic carbocycles. The largest absolute Gasteiger partial charge is 0.481 e. The molecule has 0 saturated heterocycles. The molecule has 0 aromatic carbocycles. The molecule has 0 atom stereocenters. The fourth-order valence-corrected chi connectivity index (χ4v) is 0.982. The minimum atomic E-state index is 0.0271. The predicted molar refractivity (Wildman–Crippen MR) is 54.2 cm³/mol. The van der Waals surface area contributed by atoms with Gasteiger partial charge in [-0.15, -0.1) is 0 Å². The molecule has 72 valence electrons. The van der Waals surface area contributed by atoms with E-state index in [0.717, 1.165) is 5.82 Å². The van der Waals surface area contributed by atoms with Gasteiger partial charge in [0.1, 0.15) is 5.82 Å². The maximum Gasteiger partial charge on any atom is 0.214 e. The van der Waals surface area contributed by atoms with E-state index < -0.39 is 0 Å². The molecule has 0 spiro atoms. The van der Waals surface area contributed by atoms with Crippen LogP contribution in [-0.4, -0.2) is 17.6 Å². The molecule has 1 heterocycles. The van der Waals surface area contributed by atoms with Gasteiger partial charge in [-0.3, -0.25) is 0 Å². The normalized spacial score (nSPS) is 11.1. The second kappa shape index (κ2) is 3.64. The average molecular weight is 180 g/mol. The third-order valence-electron chi connectivity index (χ3n) is 1.44. The van der Waals surface area contributed by atoms with Crippen LogP contribution in [-0.2, 0) is 0 Å². The minimum Gasteiger partial charge on any atom is -0.481 e. The van der Waals surface area contributed by atoms with Gasteiger partial charge in [-0.1, -0.05) is 6.07 Å². The van der Waals surface area contributed by atoms with Gasteiger partial charge in [0.2, 0.25) is 5.88 Å². The lowest BCUT2D eigenvalue weighted by Gasteiger charge is -2.21. The van der Waals surface area contributed by atoms with Crippen molar-refractivity contribution in [3.63, 3.8) is 0 Å². The van der Waals surface area contributed by atoms with Gasteiger partial charge in [-0.05, 0) is 26.8 Å². The molecule has 3 nitrogen and oxygen atoms in total. The summed E-state index contributed by atoms with van der Waals surface area (Å²) in [6, 6.07) is 5.67. The van der Waals surface area contributed by atoms with Gasteiger partial charge >= 0.3 is 0 Å². The highest BCUT2D eigenvalue weighted by atomic mass is 16.5. The highest BCUT2D eigenvalue weighted by Crippen LogP contribution is 2.15. The molecule has 0 fully saturated rings. The summed E-state index contributed by atoms with van der Waals surface area (Å²) in [6.07, 6.45) is 0. The molecule has 0 aliphatic heterocycles. The van der Waals surface area contributed by atoms with Crippen LogP contribution in [0.3, 0.4) is 0 Å². The van der Waals surface area contributed by atoms with Crippen molar-refractivity contribution in [2.75, 3.05) is 12.4 Å². The third kappa shape index (κ3) is 3.32. The number of anilines is 1. The number of ether oxygens (including phenoxy) is 1. The fourth-order valence-electron chi connectivity index (χ4n) is 0.982. The van der Waals surface area contributed by atoms with E-state index in [4.69, 9.17) is 4.74 Å². The van der Waals surface area contributed by atoms with Crippen molar-refractivity contribution in [2.45, 2.75) is 26.3 Å². The highest BCUT2D eigenvalue weighted by Gasteiger charge is 2.09. The maximum absolute atomic E-state index is 5.02. The van der Waals surface area contributed by atoms with Gasteiger partial charge in [0, 0.05) is 11.6 Å². The van der Waals surface area contributed by atoms with Crippen molar-refractivity contribution in [1.82, 2.24) is 4.98 Å². The molecular formula is C10H16N2O. The van der Waals surface area contributed by atoms with Crippen molar-refractivity contribution in [2.24, 2.45) is 0 Å². The Bertz CT molecular complexity index is 278. The molecular weight excluding hydrogens is 164 g/mol. The van der Waals surface area contributed by atoms with Crippen LogP contribution < -0.4 is 10.1 Å². The second-order valence-electron chi connectivity index (χ2n) is 3.94. The summed E-state index contributed by atoms with van der Waals surface area (Å²) in [6.45, 7) is 6.27. The topological polar surface area (TPSA) is 34.1 Å². The second-order valence-corrected chi connectivity index (χ2v) is 3.94. The van der Waals surface area contributed by atoms with Crippen LogP contribution in [0.5, 0.6) is 5.88 Å². The summed E-state index contributed by atoms with van der Waals surface area (Å²) in [5, 5.41) is 3.26. The Morgan fingerprint density at radius 3 is 2.54 bits per heavy atom. The zero-order chi connectivity index (χ0) is 9.90. The monoisotopic (exact) mass is 180 g/mol. The van der Waals surface area contributed by atoms with Gasteiger partial charge < -0.3 is 10.1 Å².